The topological polar surface area (TPSA) is 150 Å². The fourth-order valence-electron chi connectivity index (χ4n) is 5.52. The Bertz CT molecular complexity index is 1420. The average molecular weight is 589 g/mol. The third-order valence-corrected chi connectivity index (χ3v) is 10.1. The van der Waals surface area contributed by atoms with Crippen molar-refractivity contribution in [3.8, 4) is 0 Å². The SMILES string of the molecule is O=C(O)CNC(=O)CC1(O)C2CCC1CC(S(=O)(=O)c1cc(C(=O)Nc3cc(F)c(F)c(F)c3)ccc1Cl)C2. The molecule has 4 N–H and O–H groups in total. The van der Waals surface area contributed by atoms with Gasteiger partial charge in [0.25, 0.3) is 5.91 Å². The van der Waals surface area contributed by atoms with Crippen molar-refractivity contribution in [1.29, 1.82) is 0 Å². The quantitative estimate of drug-likeness (QED) is 0.346. The van der Waals surface area contributed by atoms with Crippen LogP contribution in [0.15, 0.2) is 35.2 Å². The minimum Gasteiger partial charge on any atom is -0.480 e. The highest BCUT2D eigenvalue weighted by molar-refractivity contribution is 7.92. The summed E-state index contributed by atoms with van der Waals surface area (Å²) in [6.07, 6.45) is 0.620. The number of benzene rings is 2. The van der Waals surface area contributed by atoms with Gasteiger partial charge in [-0.3, -0.25) is 14.4 Å². The summed E-state index contributed by atoms with van der Waals surface area (Å²) in [7, 11) is -4.14. The second-order valence-corrected chi connectivity index (χ2v) is 12.4. The predicted octanol–water partition coefficient (Wildman–Crippen LogP) is 3.29. The Morgan fingerprint density at radius 3 is 2.18 bits per heavy atom. The Balaban J connectivity index is 1.53. The summed E-state index contributed by atoms with van der Waals surface area (Å²) in [5.74, 6) is -8.63. The monoisotopic (exact) mass is 588 g/mol. The molecule has 210 valence electrons. The lowest BCUT2D eigenvalue weighted by molar-refractivity contribution is -0.140. The van der Waals surface area contributed by atoms with Crippen LogP contribution in [0, 0.1) is 29.3 Å². The molecule has 0 saturated heterocycles. The van der Waals surface area contributed by atoms with Gasteiger partial charge in [0.1, 0.15) is 6.54 Å². The van der Waals surface area contributed by atoms with Gasteiger partial charge >= 0.3 is 5.97 Å². The number of aliphatic hydroxyl groups is 1. The highest BCUT2D eigenvalue weighted by atomic mass is 35.5. The van der Waals surface area contributed by atoms with E-state index in [2.05, 4.69) is 10.6 Å². The lowest BCUT2D eigenvalue weighted by Gasteiger charge is -2.42. The minimum atomic E-state index is -4.14. The number of fused-ring (bicyclic) bond motifs is 2. The number of rotatable bonds is 8. The summed E-state index contributed by atoms with van der Waals surface area (Å²) >= 11 is 6.20. The first-order valence-corrected chi connectivity index (χ1v) is 13.8. The second kappa shape index (κ2) is 10.8. The number of nitrogens with one attached hydrogen (secondary N) is 2. The van der Waals surface area contributed by atoms with E-state index in [0.717, 1.165) is 6.07 Å². The zero-order chi connectivity index (χ0) is 28.7. The number of amides is 2. The van der Waals surface area contributed by atoms with E-state index in [1.165, 1.54) is 12.1 Å². The number of hydrogen-bond donors (Lipinski definition) is 4. The van der Waals surface area contributed by atoms with Gasteiger partial charge in [-0.05, 0) is 55.7 Å². The molecule has 2 unspecified atom stereocenters. The van der Waals surface area contributed by atoms with Gasteiger partial charge in [-0.1, -0.05) is 11.6 Å². The van der Waals surface area contributed by atoms with Gasteiger partial charge < -0.3 is 20.8 Å². The molecule has 0 aliphatic heterocycles. The van der Waals surface area contributed by atoms with E-state index >= 15 is 0 Å². The standard InChI is InChI=1S/C25H24ClF3N2O7S/c26-17-4-1-12(24(35)31-15-8-18(27)23(29)19(28)9-15)5-20(17)39(37,38)16-6-13-2-3-14(7-16)25(13,36)10-21(32)30-11-22(33)34/h1,4-5,8-9,13-14,16,36H,2-3,6-7,10-11H2,(H,30,32)(H,31,35)(H,33,34). The molecule has 14 heteroatoms. The maximum absolute atomic E-state index is 13.6. The fourth-order valence-corrected chi connectivity index (χ4v) is 7.92. The molecule has 2 saturated carbocycles. The summed E-state index contributed by atoms with van der Waals surface area (Å²) < 4.78 is 67.5. The van der Waals surface area contributed by atoms with Crippen LogP contribution in [0.4, 0.5) is 18.9 Å². The van der Waals surface area contributed by atoms with Crippen LogP contribution >= 0.6 is 11.6 Å². The molecule has 0 aromatic heterocycles. The van der Waals surface area contributed by atoms with Crippen molar-refractivity contribution in [2.24, 2.45) is 11.8 Å². The average Bonchev–Trinajstić information content (AvgIpc) is 3.01. The summed E-state index contributed by atoms with van der Waals surface area (Å²) in [5, 5.41) is 23.3. The number of aliphatic carboxylic acids is 1. The lowest BCUT2D eigenvalue weighted by Crippen LogP contribution is -2.51. The molecule has 0 spiro atoms. The molecule has 4 rings (SSSR count). The molecule has 0 heterocycles. The van der Waals surface area contributed by atoms with Crippen molar-refractivity contribution >= 4 is 44.9 Å². The van der Waals surface area contributed by atoms with Crippen LogP contribution in [0.25, 0.3) is 0 Å². The largest absolute Gasteiger partial charge is 0.480 e. The first-order chi connectivity index (χ1) is 18.2. The first kappa shape index (κ1) is 28.8. The van der Waals surface area contributed by atoms with Gasteiger partial charge in [0.05, 0.1) is 27.2 Å². The molecule has 9 nitrogen and oxygen atoms in total. The molecule has 0 radical (unpaired) electrons. The summed E-state index contributed by atoms with van der Waals surface area (Å²) in [6, 6.07) is 4.59. The van der Waals surface area contributed by atoms with Crippen LogP contribution in [-0.4, -0.2) is 53.8 Å². The first-order valence-electron chi connectivity index (χ1n) is 11.9. The minimum absolute atomic E-state index is 0.0163. The smallest absolute Gasteiger partial charge is 0.322 e. The summed E-state index contributed by atoms with van der Waals surface area (Å²) in [6.45, 7) is -0.602. The predicted molar refractivity (Wildman–Crippen MR) is 132 cm³/mol. The van der Waals surface area contributed by atoms with E-state index < -0.39 is 74.3 Å². The van der Waals surface area contributed by atoms with Crippen LogP contribution in [0.2, 0.25) is 5.02 Å². The Morgan fingerprint density at radius 2 is 1.62 bits per heavy atom. The molecular formula is C25H24ClF3N2O7S. The normalized spacial score (nSPS) is 24.3. The number of hydrogen-bond acceptors (Lipinski definition) is 6. The Kier molecular flexibility index (Phi) is 7.97. The molecule has 2 bridgehead atoms. The van der Waals surface area contributed by atoms with Gasteiger partial charge in [0.2, 0.25) is 5.91 Å². The van der Waals surface area contributed by atoms with Crippen molar-refractivity contribution in [2.45, 2.75) is 47.9 Å². The number of carboxylic acid groups (broad SMARTS) is 1. The molecule has 2 aliphatic carbocycles. The van der Waals surface area contributed by atoms with E-state index in [1.54, 1.807) is 0 Å². The van der Waals surface area contributed by atoms with Crippen molar-refractivity contribution in [1.82, 2.24) is 5.32 Å². The van der Waals surface area contributed by atoms with Crippen LogP contribution < -0.4 is 10.6 Å². The van der Waals surface area contributed by atoms with E-state index in [4.69, 9.17) is 16.7 Å². The third-order valence-electron chi connectivity index (χ3n) is 7.43. The van der Waals surface area contributed by atoms with E-state index in [0.29, 0.717) is 25.0 Å². The molecular weight excluding hydrogens is 565 g/mol. The number of carboxylic acids is 1. The number of carbonyl (C=O) groups is 3. The Labute approximate surface area is 226 Å². The number of anilines is 1. The zero-order valence-electron chi connectivity index (χ0n) is 20.2. The highest BCUT2D eigenvalue weighted by Crippen LogP contribution is 2.53. The van der Waals surface area contributed by atoms with Crippen LogP contribution in [0.3, 0.4) is 0 Å². The van der Waals surface area contributed by atoms with E-state index in [9.17, 15) is 41.1 Å². The molecule has 2 aromatic rings. The second-order valence-electron chi connectivity index (χ2n) is 9.80. The number of sulfone groups is 1. The van der Waals surface area contributed by atoms with E-state index in [1.807, 2.05) is 0 Å². The van der Waals surface area contributed by atoms with Gasteiger partial charge in [-0.2, -0.15) is 0 Å². The Hall–Kier alpha value is -3.16. The molecule has 2 aromatic carbocycles. The van der Waals surface area contributed by atoms with Crippen molar-refractivity contribution in [3.05, 3.63) is 58.4 Å². The number of halogens is 4. The molecule has 2 amide bonds. The van der Waals surface area contributed by atoms with Crippen molar-refractivity contribution in [2.75, 3.05) is 11.9 Å². The van der Waals surface area contributed by atoms with Gasteiger partial charge in [-0.15, -0.1) is 0 Å². The molecule has 2 atom stereocenters. The lowest BCUT2D eigenvalue weighted by atomic mass is 9.72. The maximum atomic E-state index is 13.6. The molecule has 39 heavy (non-hydrogen) atoms. The summed E-state index contributed by atoms with van der Waals surface area (Å²) in [5.41, 5.74) is -2.06. The van der Waals surface area contributed by atoms with Crippen molar-refractivity contribution in [3.63, 3.8) is 0 Å². The van der Waals surface area contributed by atoms with Gasteiger partial charge in [0.15, 0.2) is 27.3 Å². The zero-order valence-corrected chi connectivity index (χ0v) is 21.8. The van der Waals surface area contributed by atoms with Crippen LogP contribution in [0.5, 0.6) is 0 Å². The van der Waals surface area contributed by atoms with Crippen LogP contribution in [-0.2, 0) is 19.4 Å². The van der Waals surface area contributed by atoms with Gasteiger partial charge in [-0.25, -0.2) is 21.6 Å². The van der Waals surface area contributed by atoms with Gasteiger partial charge in [0, 0.05) is 23.4 Å². The number of carbonyl (C=O) groups excluding carboxylic acids is 2. The molecule has 2 fully saturated rings. The Morgan fingerprint density at radius 1 is 1.03 bits per heavy atom. The van der Waals surface area contributed by atoms with Crippen LogP contribution in [0.1, 0.15) is 42.5 Å². The van der Waals surface area contributed by atoms with E-state index in [-0.39, 0.29) is 40.4 Å². The summed E-state index contributed by atoms with van der Waals surface area (Å²) in [4.78, 5) is 35.3. The third kappa shape index (κ3) is 5.75. The fraction of sp³-hybridized carbons (Fsp3) is 0.400. The molecule has 2 aliphatic rings. The maximum Gasteiger partial charge on any atom is 0.322 e. The van der Waals surface area contributed by atoms with Crippen molar-refractivity contribution < 1.29 is 46.2 Å². The highest BCUT2D eigenvalue weighted by Gasteiger charge is 2.56.